The summed E-state index contributed by atoms with van der Waals surface area (Å²) in [4.78, 5) is 1.98. The van der Waals surface area contributed by atoms with Crippen LogP contribution in [-0.4, -0.2) is 36.1 Å². The lowest BCUT2D eigenvalue weighted by Crippen LogP contribution is -2.35. The summed E-state index contributed by atoms with van der Waals surface area (Å²) in [6.45, 7) is 1.47. The number of nitrogens with zero attached hydrogens (tertiary/aromatic N) is 1. The summed E-state index contributed by atoms with van der Waals surface area (Å²) in [7, 11) is 0. The molecule has 0 saturated heterocycles. The SMILES string of the molecule is O[C@H](COc1ccc(Cl)cc1)CN(Cc1ccc2c(c1)OCO2)Cc1ccccc1F. The topological polar surface area (TPSA) is 51.2 Å². The van der Waals surface area contributed by atoms with Gasteiger partial charge in [0.15, 0.2) is 11.5 Å². The second kappa shape index (κ2) is 10.0. The zero-order chi connectivity index (χ0) is 21.6. The standard InChI is InChI=1S/C24H23ClFNO4/c25-19-6-8-21(9-7-19)29-15-20(28)14-27(13-18-3-1-2-4-22(18)26)12-17-5-10-23-24(11-17)31-16-30-23/h1-11,20,28H,12-16H2/t20-/m0/s1. The predicted octanol–water partition coefficient (Wildman–Crippen LogP) is 4.65. The van der Waals surface area contributed by atoms with Crippen LogP contribution in [0.3, 0.4) is 0 Å². The van der Waals surface area contributed by atoms with E-state index in [4.69, 9.17) is 25.8 Å². The first kappa shape index (κ1) is 21.4. The van der Waals surface area contributed by atoms with Crippen LogP contribution in [-0.2, 0) is 13.1 Å². The monoisotopic (exact) mass is 443 g/mol. The fourth-order valence-corrected chi connectivity index (χ4v) is 3.55. The van der Waals surface area contributed by atoms with Crippen LogP contribution in [0.4, 0.5) is 4.39 Å². The Bertz CT molecular complexity index is 1010. The number of aliphatic hydroxyl groups excluding tert-OH is 1. The normalized spacial score (nSPS) is 13.4. The third-order valence-electron chi connectivity index (χ3n) is 4.92. The van der Waals surface area contributed by atoms with E-state index in [0.29, 0.717) is 47.5 Å². The summed E-state index contributed by atoms with van der Waals surface area (Å²) in [5.74, 6) is 1.75. The first-order valence-electron chi connectivity index (χ1n) is 9.97. The largest absolute Gasteiger partial charge is 0.491 e. The number of benzene rings is 3. The van der Waals surface area contributed by atoms with Gasteiger partial charge in [-0.25, -0.2) is 4.39 Å². The Morgan fingerprint density at radius 2 is 1.77 bits per heavy atom. The van der Waals surface area contributed by atoms with Gasteiger partial charge in [0.25, 0.3) is 0 Å². The Labute approximate surface area is 185 Å². The molecule has 1 heterocycles. The van der Waals surface area contributed by atoms with Crippen LogP contribution in [0.2, 0.25) is 5.02 Å². The molecule has 0 bridgehead atoms. The first-order valence-corrected chi connectivity index (χ1v) is 10.4. The van der Waals surface area contributed by atoms with E-state index < -0.39 is 6.10 Å². The Morgan fingerprint density at radius 1 is 1.00 bits per heavy atom. The van der Waals surface area contributed by atoms with Gasteiger partial charge in [0, 0.05) is 30.2 Å². The lowest BCUT2D eigenvalue weighted by molar-refractivity contribution is 0.0624. The number of hydrogen-bond donors (Lipinski definition) is 1. The summed E-state index contributed by atoms with van der Waals surface area (Å²) in [6.07, 6.45) is -0.767. The number of ether oxygens (including phenoxy) is 3. The summed E-state index contributed by atoms with van der Waals surface area (Å²) >= 11 is 5.89. The van der Waals surface area contributed by atoms with Gasteiger partial charge in [-0.3, -0.25) is 4.90 Å². The molecular formula is C24H23ClFNO4. The maximum absolute atomic E-state index is 14.2. The molecule has 0 saturated carbocycles. The van der Waals surface area contributed by atoms with Gasteiger partial charge in [-0.2, -0.15) is 0 Å². The molecule has 0 amide bonds. The van der Waals surface area contributed by atoms with Gasteiger partial charge in [-0.05, 0) is 48.0 Å². The van der Waals surface area contributed by atoms with Gasteiger partial charge < -0.3 is 19.3 Å². The van der Waals surface area contributed by atoms with Gasteiger partial charge in [0.2, 0.25) is 6.79 Å². The highest BCUT2D eigenvalue weighted by atomic mass is 35.5. The molecule has 0 spiro atoms. The van der Waals surface area contributed by atoms with Gasteiger partial charge in [0.1, 0.15) is 24.3 Å². The summed E-state index contributed by atoms with van der Waals surface area (Å²) < 4.78 is 30.7. The molecule has 1 aliphatic heterocycles. The van der Waals surface area contributed by atoms with Gasteiger partial charge in [-0.15, -0.1) is 0 Å². The van der Waals surface area contributed by atoms with E-state index in [9.17, 15) is 9.50 Å². The van der Waals surface area contributed by atoms with Crippen molar-refractivity contribution in [1.29, 1.82) is 0 Å². The van der Waals surface area contributed by atoms with E-state index >= 15 is 0 Å². The summed E-state index contributed by atoms with van der Waals surface area (Å²) in [6, 6.07) is 19.3. The van der Waals surface area contributed by atoms with E-state index in [0.717, 1.165) is 5.56 Å². The van der Waals surface area contributed by atoms with E-state index in [-0.39, 0.29) is 19.2 Å². The van der Waals surface area contributed by atoms with E-state index in [1.54, 1.807) is 42.5 Å². The molecule has 0 radical (unpaired) electrons. The van der Waals surface area contributed by atoms with Crippen molar-refractivity contribution < 1.29 is 23.7 Å². The lowest BCUT2D eigenvalue weighted by Gasteiger charge is -2.25. The fraction of sp³-hybridized carbons (Fsp3) is 0.250. The summed E-state index contributed by atoms with van der Waals surface area (Å²) in [5, 5.41) is 11.2. The zero-order valence-corrected chi connectivity index (χ0v) is 17.6. The minimum absolute atomic E-state index is 0.108. The molecule has 0 fully saturated rings. The van der Waals surface area contributed by atoms with Crippen molar-refractivity contribution in [3.8, 4) is 17.2 Å². The molecule has 0 aliphatic carbocycles. The highest BCUT2D eigenvalue weighted by Crippen LogP contribution is 2.33. The molecule has 0 aromatic heterocycles. The van der Waals surface area contributed by atoms with Gasteiger partial charge in [0.05, 0.1) is 0 Å². The molecular weight excluding hydrogens is 421 g/mol. The van der Waals surface area contributed by atoms with Crippen LogP contribution in [0.1, 0.15) is 11.1 Å². The average Bonchev–Trinajstić information content (AvgIpc) is 3.23. The smallest absolute Gasteiger partial charge is 0.231 e. The summed E-state index contributed by atoms with van der Waals surface area (Å²) in [5.41, 5.74) is 1.54. The molecule has 4 rings (SSSR count). The average molecular weight is 444 g/mol. The minimum atomic E-state index is -0.767. The van der Waals surface area contributed by atoms with Crippen molar-refractivity contribution in [2.24, 2.45) is 0 Å². The van der Waals surface area contributed by atoms with Crippen molar-refractivity contribution >= 4 is 11.6 Å². The maximum atomic E-state index is 14.2. The van der Waals surface area contributed by atoms with Gasteiger partial charge >= 0.3 is 0 Å². The number of fused-ring (bicyclic) bond motifs is 1. The predicted molar refractivity (Wildman–Crippen MR) is 116 cm³/mol. The van der Waals surface area contributed by atoms with Crippen LogP contribution in [0, 0.1) is 5.82 Å². The quantitative estimate of drug-likeness (QED) is 0.521. The Hall–Kier alpha value is -2.80. The first-order chi connectivity index (χ1) is 15.1. The maximum Gasteiger partial charge on any atom is 0.231 e. The van der Waals surface area contributed by atoms with Crippen LogP contribution in [0.15, 0.2) is 66.7 Å². The molecule has 3 aromatic rings. The molecule has 1 aliphatic rings. The van der Waals surface area contributed by atoms with E-state index in [1.165, 1.54) is 6.07 Å². The molecule has 0 unspecified atom stereocenters. The van der Waals surface area contributed by atoms with Gasteiger partial charge in [-0.1, -0.05) is 35.9 Å². The third-order valence-corrected chi connectivity index (χ3v) is 5.17. The highest BCUT2D eigenvalue weighted by Gasteiger charge is 2.18. The molecule has 7 heteroatoms. The van der Waals surface area contributed by atoms with E-state index in [1.807, 2.05) is 23.1 Å². The Morgan fingerprint density at radius 3 is 2.58 bits per heavy atom. The number of rotatable bonds is 9. The van der Waals surface area contributed by atoms with E-state index in [2.05, 4.69) is 0 Å². The molecule has 1 N–H and O–H groups in total. The van der Waals surface area contributed by atoms with Crippen molar-refractivity contribution in [1.82, 2.24) is 4.90 Å². The second-order valence-electron chi connectivity index (χ2n) is 7.37. The lowest BCUT2D eigenvalue weighted by atomic mass is 10.1. The van der Waals surface area contributed by atoms with Crippen molar-refractivity contribution in [2.45, 2.75) is 19.2 Å². The zero-order valence-electron chi connectivity index (χ0n) is 16.8. The molecule has 1 atom stereocenters. The number of aliphatic hydroxyl groups is 1. The van der Waals surface area contributed by atoms with Crippen LogP contribution in [0.25, 0.3) is 0 Å². The van der Waals surface area contributed by atoms with Crippen LogP contribution in [0.5, 0.6) is 17.2 Å². The van der Waals surface area contributed by atoms with Crippen molar-refractivity contribution in [3.63, 3.8) is 0 Å². The Balaban J connectivity index is 1.43. The third kappa shape index (κ3) is 5.88. The molecule has 31 heavy (non-hydrogen) atoms. The highest BCUT2D eigenvalue weighted by molar-refractivity contribution is 6.30. The molecule has 5 nitrogen and oxygen atoms in total. The van der Waals surface area contributed by atoms with Crippen LogP contribution >= 0.6 is 11.6 Å². The van der Waals surface area contributed by atoms with Crippen LogP contribution < -0.4 is 14.2 Å². The molecule has 3 aromatic carbocycles. The second-order valence-corrected chi connectivity index (χ2v) is 7.80. The number of halogens is 2. The van der Waals surface area contributed by atoms with Crippen molar-refractivity contribution in [3.05, 3.63) is 88.7 Å². The molecule has 162 valence electrons. The minimum Gasteiger partial charge on any atom is -0.491 e. The fourth-order valence-electron chi connectivity index (χ4n) is 3.42. The number of hydrogen-bond acceptors (Lipinski definition) is 5. The van der Waals surface area contributed by atoms with Crippen molar-refractivity contribution in [2.75, 3.05) is 19.9 Å². The Kier molecular flexibility index (Phi) is 6.92.